The van der Waals surface area contributed by atoms with Crippen LogP contribution in [-0.4, -0.2) is 27.4 Å². The van der Waals surface area contributed by atoms with Gasteiger partial charge >= 0.3 is 6.03 Å². The maximum atomic E-state index is 12.3. The Labute approximate surface area is 218 Å². The number of nitrogens with one attached hydrogen (secondary N) is 2. The lowest BCUT2D eigenvalue weighted by molar-refractivity contribution is 0.262. The molecule has 0 aliphatic carbocycles. The molecule has 2 aromatic heterocycles. The summed E-state index contributed by atoms with van der Waals surface area (Å²) in [5, 5.41) is 6.92. The Morgan fingerprint density at radius 2 is 1.64 bits per heavy atom. The third kappa shape index (κ3) is 5.43. The van der Waals surface area contributed by atoms with Crippen molar-refractivity contribution < 1.29 is 4.79 Å². The van der Waals surface area contributed by atoms with Crippen LogP contribution in [0.5, 0.6) is 0 Å². The fourth-order valence-electron chi connectivity index (χ4n) is 3.85. The number of anilines is 3. The van der Waals surface area contributed by atoms with Crippen LogP contribution in [0, 0.1) is 0 Å². The largest absolute Gasteiger partial charge is 0.352 e. The van der Waals surface area contributed by atoms with E-state index >= 15 is 0 Å². The second-order valence-corrected chi connectivity index (χ2v) is 9.13. The molecule has 0 aliphatic rings. The van der Waals surface area contributed by atoms with Gasteiger partial charge in [0.1, 0.15) is 0 Å². The summed E-state index contributed by atoms with van der Waals surface area (Å²) in [5.74, 6) is 0.752. The fourth-order valence-corrected chi connectivity index (χ4v) is 4.18. The first kappa shape index (κ1) is 23.7. The summed E-state index contributed by atoms with van der Waals surface area (Å²) in [7, 11) is 1.98. The van der Waals surface area contributed by atoms with E-state index < -0.39 is 0 Å². The number of urea groups is 1. The lowest BCUT2D eigenvalue weighted by Gasteiger charge is -2.20. The molecule has 0 fully saturated rings. The molecule has 5 rings (SSSR count). The van der Waals surface area contributed by atoms with E-state index in [0.29, 0.717) is 28.0 Å². The second-order valence-electron chi connectivity index (χ2n) is 8.26. The molecule has 2 heterocycles. The first-order valence-electron chi connectivity index (χ1n) is 11.2. The zero-order valence-electron chi connectivity index (χ0n) is 19.3. The summed E-state index contributed by atoms with van der Waals surface area (Å²) in [6.07, 6.45) is 5.59. The van der Waals surface area contributed by atoms with Gasteiger partial charge in [-0.1, -0.05) is 47.5 Å². The molecule has 9 heteroatoms. The van der Waals surface area contributed by atoms with Crippen molar-refractivity contribution in [3.63, 3.8) is 0 Å². The maximum Gasteiger partial charge on any atom is 0.323 e. The van der Waals surface area contributed by atoms with Gasteiger partial charge in [0.2, 0.25) is 0 Å². The highest BCUT2D eigenvalue weighted by atomic mass is 35.5. The van der Waals surface area contributed by atoms with Gasteiger partial charge in [0.25, 0.3) is 0 Å². The molecular formula is C27H22Cl2N6O. The molecule has 7 nitrogen and oxygen atoms in total. The monoisotopic (exact) mass is 516 g/mol. The summed E-state index contributed by atoms with van der Waals surface area (Å²) >= 11 is 12.1. The van der Waals surface area contributed by atoms with Gasteiger partial charge in [0.05, 0.1) is 5.69 Å². The number of hydrogen-bond donors (Lipinski definition) is 2. The quantitative estimate of drug-likeness (QED) is 0.255. The molecular weight excluding hydrogens is 495 g/mol. The number of halogens is 2. The van der Waals surface area contributed by atoms with E-state index in [0.717, 1.165) is 28.3 Å². The standard InChI is InChI=1S/C27H22Cl2N6O/c1-34(16-18-3-2-4-21(29)15-18)26-25-30-13-14-35(25)17-24(33-26)19-5-9-22(10-6-19)31-27(36)32-23-11-7-20(28)8-12-23/h2-15,17H,16H2,1H3,(H2,31,32,36). The van der Waals surface area contributed by atoms with E-state index in [4.69, 9.17) is 28.2 Å². The first-order chi connectivity index (χ1) is 17.4. The maximum absolute atomic E-state index is 12.3. The van der Waals surface area contributed by atoms with Gasteiger partial charge in [0, 0.05) is 59.2 Å². The van der Waals surface area contributed by atoms with Crippen molar-refractivity contribution in [1.82, 2.24) is 14.4 Å². The molecule has 0 unspecified atom stereocenters. The molecule has 36 heavy (non-hydrogen) atoms. The summed E-state index contributed by atoms with van der Waals surface area (Å²) in [4.78, 5) is 23.8. The predicted molar refractivity (Wildman–Crippen MR) is 146 cm³/mol. The number of benzene rings is 3. The minimum absolute atomic E-state index is 0.340. The van der Waals surface area contributed by atoms with Crippen LogP contribution in [-0.2, 0) is 6.54 Å². The highest BCUT2D eigenvalue weighted by Crippen LogP contribution is 2.26. The predicted octanol–water partition coefficient (Wildman–Crippen LogP) is 6.98. The summed E-state index contributed by atoms with van der Waals surface area (Å²) in [6, 6.07) is 21.9. The number of amides is 2. The number of hydrogen-bond acceptors (Lipinski definition) is 4. The van der Waals surface area contributed by atoms with Crippen molar-refractivity contribution in [3.05, 3.63) is 107 Å². The third-order valence-electron chi connectivity index (χ3n) is 5.57. The second kappa shape index (κ2) is 10.3. The van der Waals surface area contributed by atoms with Crippen molar-refractivity contribution in [3.8, 4) is 11.3 Å². The first-order valence-corrected chi connectivity index (χ1v) is 11.9. The Morgan fingerprint density at radius 1 is 0.944 bits per heavy atom. The molecule has 5 aromatic rings. The lowest BCUT2D eigenvalue weighted by Crippen LogP contribution is -2.19. The van der Waals surface area contributed by atoms with E-state index in [-0.39, 0.29) is 6.03 Å². The Balaban J connectivity index is 1.35. The van der Waals surface area contributed by atoms with Gasteiger partial charge in [0.15, 0.2) is 11.5 Å². The van der Waals surface area contributed by atoms with Crippen molar-refractivity contribution in [2.45, 2.75) is 6.54 Å². The van der Waals surface area contributed by atoms with Crippen molar-refractivity contribution in [1.29, 1.82) is 0 Å². The highest BCUT2D eigenvalue weighted by molar-refractivity contribution is 6.30. The van der Waals surface area contributed by atoms with Crippen LogP contribution in [0.3, 0.4) is 0 Å². The normalized spacial score (nSPS) is 10.9. The molecule has 0 spiro atoms. The molecule has 0 saturated heterocycles. The minimum Gasteiger partial charge on any atom is -0.352 e. The fraction of sp³-hybridized carbons (Fsp3) is 0.0741. The van der Waals surface area contributed by atoms with E-state index in [1.807, 2.05) is 72.4 Å². The van der Waals surface area contributed by atoms with Crippen molar-refractivity contribution in [2.75, 3.05) is 22.6 Å². The SMILES string of the molecule is CN(Cc1cccc(Cl)c1)c1nc(-c2ccc(NC(=O)Nc3ccc(Cl)cc3)cc2)cn2ccnc12. The molecule has 3 aromatic carbocycles. The van der Waals surface area contributed by atoms with Crippen molar-refractivity contribution in [2.24, 2.45) is 0 Å². The number of carbonyl (C=O) groups excluding carboxylic acids is 1. The van der Waals surface area contributed by atoms with Crippen LogP contribution >= 0.6 is 23.2 Å². The smallest absolute Gasteiger partial charge is 0.323 e. The van der Waals surface area contributed by atoms with Gasteiger partial charge in [-0.2, -0.15) is 0 Å². The Hall–Kier alpha value is -4.07. The molecule has 0 bridgehead atoms. The lowest BCUT2D eigenvalue weighted by atomic mass is 10.1. The number of imidazole rings is 1. The summed E-state index contributed by atoms with van der Waals surface area (Å²) < 4.78 is 1.96. The Kier molecular flexibility index (Phi) is 6.75. The van der Waals surface area contributed by atoms with Crippen molar-refractivity contribution >= 4 is 52.1 Å². The van der Waals surface area contributed by atoms with E-state index in [2.05, 4.69) is 20.5 Å². The molecule has 0 radical (unpaired) electrons. The highest BCUT2D eigenvalue weighted by Gasteiger charge is 2.14. The Bertz CT molecular complexity index is 1520. The van der Waals surface area contributed by atoms with Crippen LogP contribution in [0.4, 0.5) is 22.0 Å². The van der Waals surface area contributed by atoms with E-state index in [1.54, 1.807) is 30.5 Å². The van der Waals surface area contributed by atoms with Crippen LogP contribution in [0.15, 0.2) is 91.4 Å². The zero-order chi connectivity index (χ0) is 25.1. The van der Waals surface area contributed by atoms with Gasteiger partial charge in [-0.25, -0.2) is 14.8 Å². The topological polar surface area (TPSA) is 74.6 Å². The third-order valence-corrected chi connectivity index (χ3v) is 6.05. The Morgan fingerprint density at radius 3 is 2.33 bits per heavy atom. The minimum atomic E-state index is -0.340. The van der Waals surface area contributed by atoms with Crippen LogP contribution in [0.2, 0.25) is 10.0 Å². The van der Waals surface area contributed by atoms with E-state index in [1.165, 1.54) is 0 Å². The molecule has 0 atom stereocenters. The summed E-state index contributed by atoms with van der Waals surface area (Å²) in [6.45, 7) is 0.630. The van der Waals surface area contributed by atoms with Crippen LogP contribution in [0.25, 0.3) is 16.9 Å². The van der Waals surface area contributed by atoms with Crippen LogP contribution < -0.4 is 15.5 Å². The molecule has 2 N–H and O–H groups in total. The molecule has 0 aliphatic heterocycles. The van der Waals surface area contributed by atoms with Gasteiger partial charge in [-0.05, 0) is 54.1 Å². The molecule has 0 saturated carbocycles. The number of nitrogens with zero attached hydrogens (tertiary/aromatic N) is 4. The van der Waals surface area contributed by atoms with E-state index in [9.17, 15) is 4.79 Å². The van der Waals surface area contributed by atoms with Gasteiger partial charge in [-0.15, -0.1) is 0 Å². The van der Waals surface area contributed by atoms with Crippen LogP contribution in [0.1, 0.15) is 5.56 Å². The summed E-state index contributed by atoms with van der Waals surface area (Å²) in [5.41, 5.74) is 4.85. The average Bonchev–Trinajstić information content (AvgIpc) is 3.34. The molecule has 2 amide bonds. The number of fused-ring (bicyclic) bond motifs is 1. The van der Waals surface area contributed by atoms with Gasteiger partial charge in [-0.3, -0.25) is 0 Å². The van der Waals surface area contributed by atoms with Gasteiger partial charge < -0.3 is 19.9 Å². The number of aromatic nitrogens is 3. The number of rotatable bonds is 6. The average molecular weight is 517 g/mol. The molecule has 180 valence electrons. The zero-order valence-corrected chi connectivity index (χ0v) is 20.8. The number of carbonyl (C=O) groups is 1.